The largest absolute Gasteiger partial charge is 0.481 e. The summed E-state index contributed by atoms with van der Waals surface area (Å²) >= 11 is 0. The summed E-state index contributed by atoms with van der Waals surface area (Å²) < 4.78 is 0. The molecule has 7 heteroatoms. The minimum Gasteiger partial charge on any atom is -0.481 e. The van der Waals surface area contributed by atoms with Gasteiger partial charge in [-0.25, -0.2) is 5.01 Å². The van der Waals surface area contributed by atoms with Crippen LogP contribution in [0.2, 0.25) is 0 Å². The second-order valence-corrected chi connectivity index (χ2v) is 5.95. The number of carbonyl (C=O) groups is 3. The van der Waals surface area contributed by atoms with E-state index >= 15 is 0 Å². The number of aliphatic carboxylic acids is 1. The molecule has 0 fully saturated rings. The summed E-state index contributed by atoms with van der Waals surface area (Å²) in [6.45, 7) is 5.58. The molecule has 0 aliphatic carbocycles. The maximum absolute atomic E-state index is 12.1. The molecule has 0 aromatic heterocycles. The highest BCUT2D eigenvalue weighted by atomic mass is 16.4. The first kappa shape index (κ1) is 16.1. The molecule has 2 amide bonds. The predicted octanol–water partition coefficient (Wildman–Crippen LogP) is 0.600. The summed E-state index contributed by atoms with van der Waals surface area (Å²) in [4.78, 5) is 34.3. The van der Waals surface area contributed by atoms with Gasteiger partial charge >= 0.3 is 5.97 Å². The van der Waals surface area contributed by atoms with Crippen molar-refractivity contribution in [3.8, 4) is 0 Å². The number of nitrogens with zero attached hydrogens (tertiary/aromatic N) is 2. The lowest BCUT2D eigenvalue weighted by Crippen LogP contribution is -2.48. The van der Waals surface area contributed by atoms with Gasteiger partial charge in [0.25, 0.3) is 5.91 Å². The fraction of sp³-hybridized carbons (Fsp3) is 0.692. The van der Waals surface area contributed by atoms with E-state index in [9.17, 15) is 14.4 Å². The molecule has 0 spiro atoms. The second kappa shape index (κ2) is 6.02. The van der Waals surface area contributed by atoms with Crippen molar-refractivity contribution in [2.24, 2.45) is 10.5 Å². The molecule has 2 N–H and O–H groups in total. The Labute approximate surface area is 118 Å². The number of carboxylic acids is 1. The maximum Gasteiger partial charge on any atom is 0.305 e. The first-order chi connectivity index (χ1) is 9.11. The Hall–Kier alpha value is -1.92. The van der Waals surface area contributed by atoms with Crippen LogP contribution in [0.15, 0.2) is 5.10 Å². The number of amides is 2. The fourth-order valence-electron chi connectivity index (χ4n) is 1.82. The Kier molecular flexibility index (Phi) is 4.86. The van der Waals surface area contributed by atoms with Gasteiger partial charge < -0.3 is 10.4 Å². The van der Waals surface area contributed by atoms with Crippen LogP contribution in [0.4, 0.5) is 0 Å². The van der Waals surface area contributed by atoms with Crippen LogP contribution in [-0.2, 0) is 14.4 Å². The van der Waals surface area contributed by atoms with Crippen LogP contribution < -0.4 is 5.32 Å². The van der Waals surface area contributed by atoms with E-state index < -0.39 is 17.9 Å². The summed E-state index contributed by atoms with van der Waals surface area (Å²) in [7, 11) is 1.49. The van der Waals surface area contributed by atoms with Crippen LogP contribution in [0.3, 0.4) is 0 Å². The number of carbonyl (C=O) groups excluding carboxylic acids is 2. The van der Waals surface area contributed by atoms with Crippen molar-refractivity contribution in [3.63, 3.8) is 0 Å². The Morgan fingerprint density at radius 2 is 2.00 bits per heavy atom. The van der Waals surface area contributed by atoms with Crippen molar-refractivity contribution in [1.29, 1.82) is 0 Å². The summed E-state index contributed by atoms with van der Waals surface area (Å²) in [6, 6.07) is -0.502. The van der Waals surface area contributed by atoms with E-state index in [4.69, 9.17) is 5.11 Å². The molecule has 1 heterocycles. The van der Waals surface area contributed by atoms with Gasteiger partial charge in [-0.2, -0.15) is 5.10 Å². The first-order valence-corrected chi connectivity index (χ1v) is 6.48. The lowest BCUT2D eigenvalue weighted by atomic mass is 9.84. The first-order valence-electron chi connectivity index (χ1n) is 6.48. The zero-order chi connectivity index (χ0) is 15.5. The molecule has 112 valence electrons. The average molecular weight is 283 g/mol. The molecule has 0 aromatic rings. The van der Waals surface area contributed by atoms with Gasteiger partial charge in [0.05, 0.1) is 6.42 Å². The molecular formula is C13H21N3O4. The van der Waals surface area contributed by atoms with Crippen LogP contribution in [0.5, 0.6) is 0 Å². The normalized spacial score (nSPS) is 17.5. The third-order valence-corrected chi connectivity index (χ3v) is 3.20. The molecule has 1 atom stereocenters. The van der Waals surface area contributed by atoms with Gasteiger partial charge in [0, 0.05) is 25.9 Å². The summed E-state index contributed by atoms with van der Waals surface area (Å²) in [5.74, 6) is -1.52. The van der Waals surface area contributed by atoms with E-state index in [0.717, 1.165) is 5.01 Å². The van der Waals surface area contributed by atoms with Crippen molar-refractivity contribution in [1.82, 2.24) is 10.3 Å². The molecule has 0 saturated heterocycles. The zero-order valence-electron chi connectivity index (χ0n) is 12.3. The smallest absolute Gasteiger partial charge is 0.305 e. The molecule has 1 rings (SSSR count). The van der Waals surface area contributed by atoms with Crippen LogP contribution >= 0.6 is 0 Å². The van der Waals surface area contributed by atoms with E-state index in [1.807, 2.05) is 20.8 Å². The molecule has 0 bridgehead atoms. The number of nitrogens with one attached hydrogen (secondary N) is 1. The maximum atomic E-state index is 12.1. The van der Waals surface area contributed by atoms with Crippen molar-refractivity contribution in [2.75, 3.05) is 7.05 Å². The van der Waals surface area contributed by atoms with E-state index in [2.05, 4.69) is 10.4 Å². The standard InChI is InChI=1S/C13H21N3O4/c1-13(2,3)9(7-11(18)19)14-12(20)8-5-6-10(17)16(4)15-8/h9H,5-7H2,1-4H3,(H,14,20)(H,18,19). The summed E-state index contributed by atoms with van der Waals surface area (Å²) in [6.07, 6.45) is 0.359. The molecule has 7 nitrogen and oxygen atoms in total. The fourth-order valence-corrected chi connectivity index (χ4v) is 1.82. The third kappa shape index (κ3) is 4.32. The van der Waals surface area contributed by atoms with E-state index in [1.165, 1.54) is 7.05 Å². The Balaban J connectivity index is 2.79. The van der Waals surface area contributed by atoms with Gasteiger partial charge in [-0.3, -0.25) is 14.4 Å². The molecule has 0 radical (unpaired) electrons. The summed E-state index contributed by atoms with van der Waals surface area (Å²) in [5.41, 5.74) is -0.128. The van der Waals surface area contributed by atoms with Crippen molar-refractivity contribution in [3.05, 3.63) is 0 Å². The van der Waals surface area contributed by atoms with E-state index in [0.29, 0.717) is 0 Å². The van der Waals surface area contributed by atoms with E-state index in [1.54, 1.807) is 0 Å². The minimum atomic E-state index is -0.969. The number of hydrazone groups is 1. The van der Waals surface area contributed by atoms with Crippen LogP contribution in [-0.4, -0.2) is 46.7 Å². The highest BCUT2D eigenvalue weighted by molar-refractivity contribution is 6.39. The zero-order valence-corrected chi connectivity index (χ0v) is 12.3. The van der Waals surface area contributed by atoms with E-state index in [-0.39, 0.29) is 36.3 Å². The Bertz CT molecular complexity index is 451. The minimum absolute atomic E-state index is 0.139. The second-order valence-electron chi connectivity index (χ2n) is 5.95. The molecule has 20 heavy (non-hydrogen) atoms. The third-order valence-electron chi connectivity index (χ3n) is 3.20. The molecule has 1 unspecified atom stereocenters. The van der Waals surface area contributed by atoms with Gasteiger partial charge in [0.1, 0.15) is 5.71 Å². The molecule has 1 aliphatic heterocycles. The molecule has 1 aliphatic rings. The molecule has 0 aromatic carbocycles. The predicted molar refractivity (Wildman–Crippen MR) is 73.1 cm³/mol. The van der Waals surface area contributed by atoms with Crippen molar-refractivity contribution < 1.29 is 19.5 Å². The lowest BCUT2D eigenvalue weighted by molar-refractivity contribution is -0.138. The highest BCUT2D eigenvalue weighted by Gasteiger charge is 2.31. The lowest BCUT2D eigenvalue weighted by Gasteiger charge is -2.31. The molecule has 0 saturated carbocycles. The monoisotopic (exact) mass is 283 g/mol. The number of hydrogen-bond donors (Lipinski definition) is 2. The SMILES string of the molecule is CN1N=C(C(=O)NC(CC(=O)O)C(C)(C)C)CCC1=O. The number of hydrogen-bond acceptors (Lipinski definition) is 4. The van der Waals surface area contributed by atoms with Gasteiger partial charge in [-0.1, -0.05) is 20.8 Å². The van der Waals surface area contributed by atoms with Crippen molar-refractivity contribution >= 4 is 23.5 Å². The van der Waals surface area contributed by atoms with Gasteiger partial charge in [-0.05, 0) is 5.41 Å². The average Bonchev–Trinajstić information content (AvgIpc) is 2.30. The quantitative estimate of drug-likeness (QED) is 0.789. The highest BCUT2D eigenvalue weighted by Crippen LogP contribution is 2.22. The summed E-state index contributed by atoms with van der Waals surface area (Å²) in [5, 5.41) is 16.7. The van der Waals surface area contributed by atoms with Crippen LogP contribution in [0.1, 0.15) is 40.0 Å². The van der Waals surface area contributed by atoms with Gasteiger partial charge in [0.2, 0.25) is 5.91 Å². The number of rotatable bonds is 4. The van der Waals surface area contributed by atoms with Crippen LogP contribution in [0.25, 0.3) is 0 Å². The van der Waals surface area contributed by atoms with Crippen LogP contribution in [0, 0.1) is 5.41 Å². The number of carboxylic acid groups (broad SMARTS) is 1. The van der Waals surface area contributed by atoms with Gasteiger partial charge in [-0.15, -0.1) is 0 Å². The van der Waals surface area contributed by atoms with Gasteiger partial charge in [0.15, 0.2) is 0 Å². The Morgan fingerprint density at radius 1 is 1.40 bits per heavy atom. The molecular weight excluding hydrogens is 262 g/mol. The topological polar surface area (TPSA) is 99.1 Å². The van der Waals surface area contributed by atoms with Crippen molar-refractivity contribution in [2.45, 2.75) is 46.1 Å². The Morgan fingerprint density at radius 3 is 2.45 bits per heavy atom.